The largest absolute Gasteiger partial charge is 0.377 e. The van der Waals surface area contributed by atoms with Gasteiger partial charge in [0.15, 0.2) is 0 Å². The maximum Gasteiger partial charge on any atom is 0.269 e. The van der Waals surface area contributed by atoms with E-state index in [4.69, 9.17) is 0 Å². The number of likely N-dealkylation sites (tertiary alicyclic amines) is 1. The number of nitro benzene ring substituents is 1. The third kappa shape index (κ3) is 3.50. The highest BCUT2D eigenvalue weighted by Gasteiger charge is 2.40. The second kappa shape index (κ2) is 7.84. The third-order valence-corrected chi connectivity index (χ3v) is 7.14. The highest BCUT2D eigenvalue weighted by atomic mass is 16.6. The number of hydrogen-bond donors (Lipinski definition) is 1. The Morgan fingerprint density at radius 3 is 2.71 bits per heavy atom. The minimum atomic E-state index is -0.350. The number of amides is 1. The Morgan fingerprint density at radius 1 is 1.16 bits per heavy atom. The first kappa shape index (κ1) is 19.8. The van der Waals surface area contributed by atoms with Gasteiger partial charge in [0.2, 0.25) is 0 Å². The van der Waals surface area contributed by atoms with Crippen LogP contribution in [0.15, 0.2) is 54.6 Å². The molecule has 160 valence electrons. The Morgan fingerprint density at radius 2 is 1.94 bits per heavy atom. The average molecular weight is 418 g/mol. The number of rotatable bonds is 3. The van der Waals surface area contributed by atoms with Crippen LogP contribution in [0.5, 0.6) is 0 Å². The van der Waals surface area contributed by atoms with Crippen LogP contribution >= 0.6 is 0 Å². The van der Waals surface area contributed by atoms with Gasteiger partial charge in [0.05, 0.1) is 22.2 Å². The quantitative estimate of drug-likeness (QED) is 0.418. The van der Waals surface area contributed by atoms with Crippen molar-refractivity contribution in [3.05, 3.63) is 81.4 Å². The molecule has 2 heterocycles. The molecule has 3 unspecified atom stereocenters. The Bertz CT molecular complexity index is 1060. The van der Waals surface area contributed by atoms with Crippen molar-refractivity contribution in [1.82, 2.24) is 4.90 Å². The summed E-state index contributed by atoms with van der Waals surface area (Å²) in [7, 11) is 0. The molecule has 0 saturated carbocycles. The van der Waals surface area contributed by atoms with E-state index in [1.807, 2.05) is 23.1 Å². The fourth-order valence-electron chi connectivity index (χ4n) is 5.34. The summed E-state index contributed by atoms with van der Waals surface area (Å²) in [6.45, 7) is 3.83. The van der Waals surface area contributed by atoms with Crippen molar-refractivity contribution in [2.75, 3.05) is 18.4 Å². The molecule has 6 nitrogen and oxygen atoms in total. The molecule has 0 radical (unpaired) electrons. The van der Waals surface area contributed by atoms with E-state index >= 15 is 0 Å². The van der Waals surface area contributed by atoms with Gasteiger partial charge < -0.3 is 10.2 Å². The molecular weight excluding hydrogens is 390 g/mol. The lowest BCUT2D eigenvalue weighted by atomic mass is 9.76. The molecular formula is C25H27N3O3. The van der Waals surface area contributed by atoms with Crippen molar-refractivity contribution in [2.24, 2.45) is 11.8 Å². The number of piperidine rings is 1. The van der Waals surface area contributed by atoms with Gasteiger partial charge in [0.25, 0.3) is 11.6 Å². The average Bonchev–Trinajstić information content (AvgIpc) is 3.28. The lowest BCUT2D eigenvalue weighted by Crippen LogP contribution is -2.39. The van der Waals surface area contributed by atoms with Gasteiger partial charge in [-0.1, -0.05) is 43.3 Å². The Hall–Kier alpha value is -3.15. The van der Waals surface area contributed by atoms with Gasteiger partial charge in [0.1, 0.15) is 0 Å². The monoisotopic (exact) mass is 417 g/mol. The van der Waals surface area contributed by atoms with Gasteiger partial charge in [-0.2, -0.15) is 0 Å². The van der Waals surface area contributed by atoms with Crippen molar-refractivity contribution < 1.29 is 9.72 Å². The van der Waals surface area contributed by atoms with Crippen molar-refractivity contribution in [2.45, 2.75) is 38.1 Å². The number of para-hydroxylation sites is 1. The minimum absolute atomic E-state index is 0.0782. The van der Waals surface area contributed by atoms with Gasteiger partial charge in [-0.3, -0.25) is 14.9 Å². The second-order valence-electron chi connectivity index (χ2n) is 9.07. The molecule has 1 aliphatic carbocycles. The van der Waals surface area contributed by atoms with Crippen LogP contribution in [0.25, 0.3) is 0 Å². The molecule has 0 aromatic heterocycles. The molecule has 2 aromatic rings. The number of allylic oxidation sites excluding steroid dienone is 2. The number of anilines is 1. The van der Waals surface area contributed by atoms with Crippen LogP contribution in [-0.2, 0) is 0 Å². The van der Waals surface area contributed by atoms with Crippen LogP contribution in [0.4, 0.5) is 11.4 Å². The molecule has 6 heteroatoms. The van der Waals surface area contributed by atoms with Crippen LogP contribution in [-0.4, -0.2) is 28.8 Å². The lowest BCUT2D eigenvalue weighted by molar-refractivity contribution is -0.384. The first-order valence-electron chi connectivity index (χ1n) is 11.1. The highest BCUT2D eigenvalue weighted by molar-refractivity contribution is 6.01. The standard InChI is InChI=1S/C25H27N3O3/c1-16-11-13-27(14-12-16)25(29)22-10-4-9-21-19-7-3-8-20(19)23(26-24(21)22)17-5-2-6-18(15-17)28(30)31/h2-7,9-10,15-16,19-20,23,26H,8,11-14H2,1H3. The third-order valence-electron chi connectivity index (χ3n) is 7.14. The fraction of sp³-hybridized carbons (Fsp3) is 0.400. The lowest BCUT2D eigenvalue weighted by Gasteiger charge is -2.39. The topological polar surface area (TPSA) is 75.5 Å². The van der Waals surface area contributed by atoms with Crippen molar-refractivity contribution in [3.8, 4) is 0 Å². The fourth-order valence-corrected chi connectivity index (χ4v) is 5.34. The summed E-state index contributed by atoms with van der Waals surface area (Å²) in [4.78, 5) is 26.4. The summed E-state index contributed by atoms with van der Waals surface area (Å²) in [6.07, 6.45) is 7.41. The van der Waals surface area contributed by atoms with Gasteiger partial charge in [-0.15, -0.1) is 0 Å². The Balaban J connectivity index is 1.53. The molecule has 5 rings (SSSR count). The van der Waals surface area contributed by atoms with Crippen LogP contribution in [0.2, 0.25) is 0 Å². The number of nitrogens with zero attached hydrogens (tertiary/aromatic N) is 2. The smallest absolute Gasteiger partial charge is 0.269 e. The molecule has 3 aliphatic rings. The van der Waals surface area contributed by atoms with Gasteiger partial charge in [-0.25, -0.2) is 0 Å². The normalized spacial score (nSPS) is 24.9. The first-order chi connectivity index (χ1) is 15.0. The van der Waals surface area contributed by atoms with Gasteiger partial charge >= 0.3 is 0 Å². The Labute approximate surface area is 182 Å². The predicted octanol–water partition coefficient (Wildman–Crippen LogP) is 5.29. The van der Waals surface area contributed by atoms with Crippen LogP contribution in [0.1, 0.15) is 59.6 Å². The number of fused-ring (bicyclic) bond motifs is 3. The molecule has 2 aromatic carbocycles. The molecule has 31 heavy (non-hydrogen) atoms. The summed E-state index contributed by atoms with van der Waals surface area (Å²) < 4.78 is 0. The van der Waals surface area contributed by atoms with E-state index in [1.165, 1.54) is 6.07 Å². The van der Waals surface area contributed by atoms with E-state index in [0.29, 0.717) is 11.5 Å². The SMILES string of the molecule is CC1CCN(C(=O)c2cccc3c2NC(c2cccc([N+](=O)[O-])c2)C2CC=CC32)CC1. The number of carbonyl (C=O) groups is 1. The van der Waals surface area contributed by atoms with Crippen molar-refractivity contribution in [1.29, 1.82) is 0 Å². The molecule has 1 saturated heterocycles. The summed E-state index contributed by atoms with van der Waals surface area (Å²) in [6, 6.07) is 12.8. The van der Waals surface area contributed by atoms with Gasteiger partial charge in [-0.05, 0) is 48.3 Å². The van der Waals surface area contributed by atoms with E-state index < -0.39 is 0 Å². The molecule has 1 fully saturated rings. The number of benzene rings is 2. The molecule has 2 aliphatic heterocycles. The molecule has 0 bridgehead atoms. The predicted molar refractivity (Wildman–Crippen MR) is 120 cm³/mol. The zero-order valence-electron chi connectivity index (χ0n) is 17.7. The maximum absolute atomic E-state index is 13.4. The number of nitro groups is 1. The first-order valence-corrected chi connectivity index (χ1v) is 11.1. The maximum atomic E-state index is 13.4. The van der Waals surface area contributed by atoms with Crippen LogP contribution in [0.3, 0.4) is 0 Å². The minimum Gasteiger partial charge on any atom is -0.377 e. The highest BCUT2D eigenvalue weighted by Crippen LogP contribution is 2.51. The van der Waals surface area contributed by atoms with E-state index in [-0.39, 0.29) is 34.4 Å². The number of nitrogens with one attached hydrogen (secondary N) is 1. The summed E-state index contributed by atoms with van der Waals surface area (Å²) >= 11 is 0. The number of non-ortho nitro benzene ring substituents is 1. The van der Waals surface area contributed by atoms with Crippen LogP contribution < -0.4 is 5.32 Å². The Kier molecular flexibility index (Phi) is 5.00. The van der Waals surface area contributed by atoms with Crippen LogP contribution in [0, 0.1) is 22.0 Å². The van der Waals surface area contributed by atoms with Gasteiger partial charge in [0, 0.05) is 31.1 Å². The van der Waals surface area contributed by atoms with Crippen molar-refractivity contribution in [3.63, 3.8) is 0 Å². The summed E-state index contributed by atoms with van der Waals surface area (Å²) in [5.41, 5.74) is 3.74. The zero-order chi connectivity index (χ0) is 21.5. The summed E-state index contributed by atoms with van der Waals surface area (Å²) in [5, 5.41) is 15.0. The molecule has 1 N–H and O–H groups in total. The van der Waals surface area contributed by atoms with E-state index in [9.17, 15) is 14.9 Å². The van der Waals surface area contributed by atoms with Crippen molar-refractivity contribution >= 4 is 17.3 Å². The van der Waals surface area contributed by atoms with E-state index in [1.54, 1.807) is 12.1 Å². The van der Waals surface area contributed by atoms with E-state index in [0.717, 1.165) is 49.2 Å². The number of carbonyl (C=O) groups excluding carboxylic acids is 1. The number of hydrogen-bond acceptors (Lipinski definition) is 4. The molecule has 1 amide bonds. The molecule has 3 atom stereocenters. The second-order valence-corrected chi connectivity index (χ2v) is 9.07. The zero-order valence-corrected chi connectivity index (χ0v) is 17.7. The van der Waals surface area contributed by atoms with E-state index in [2.05, 4.69) is 30.5 Å². The molecule has 0 spiro atoms. The summed E-state index contributed by atoms with van der Waals surface area (Å²) in [5.74, 6) is 1.22.